The Balaban J connectivity index is 2.17. The van der Waals surface area contributed by atoms with E-state index in [2.05, 4.69) is 4.72 Å². The lowest BCUT2D eigenvalue weighted by atomic mass is 9.76. The fraction of sp³-hybridized carbons (Fsp3) is 0.571. The number of nitrogens with one attached hydrogen (secondary N) is 1. The molecular weight excluding hydrogens is 298 g/mol. The van der Waals surface area contributed by atoms with Crippen LogP contribution in [0.4, 0.5) is 14.5 Å². The molecule has 3 N–H and O–H groups in total. The molecule has 0 saturated heterocycles. The van der Waals surface area contributed by atoms with E-state index in [1.165, 1.54) is 0 Å². The third kappa shape index (κ3) is 3.52. The zero-order valence-electron chi connectivity index (χ0n) is 12.0. The van der Waals surface area contributed by atoms with Crippen LogP contribution >= 0.6 is 0 Å². The Bertz CT molecular complexity index is 626. The topological polar surface area (TPSA) is 72.2 Å². The Morgan fingerprint density at radius 1 is 1.24 bits per heavy atom. The van der Waals surface area contributed by atoms with E-state index in [4.69, 9.17) is 5.73 Å². The van der Waals surface area contributed by atoms with Crippen LogP contribution < -0.4 is 10.5 Å². The van der Waals surface area contributed by atoms with Gasteiger partial charge in [0.1, 0.15) is 16.4 Å². The average Bonchev–Trinajstić information content (AvgIpc) is 2.44. The SMILES string of the molecule is CC1(CNS(=O)(=O)c2ccc(F)c(N)c2F)CCCCC1. The first-order valence-electron chi connectivity index (χ1n) is 6.98. The summed E-state index contributed by atoms with van der Waals surface area (Å²) in [4.78, 5) is -0.610. The Kier molecular flexibility index (Phi) is 4.53. The van der Waals surface area contributed by atoms with E-state index in [9.17, 15) is 17.2 Å². The summed E-state index contributed by atoms with van der Waals surface area (Å²) in [6.07, 6.45) is 5.16. The van der Waals surface area contributed by atoms with Crippen LogP contribution in [0.15, 0.2) is 17.0 Å². The largest absolute Gasteiger partial charge is 0.394 e. The van der Waals surface area contributed by atoms with Gasteiger partial charge in [0.15, 0.2) is 5.82 Å². The molecule has 2 rings (SSSR count). The molecule has 0 amide bonds. The van der Waals surface area contributed by atoms with Crippen molar-refractivity contribution >= 4 is 15.7 Å². The zero-order valence-corrected chi connectivity index (χ0v) is 12.8. The fourth-order valence-corrected chi connectivity index (χ4v) is 3.97. The van der Waals surface area contributed by atoms with E-state index in [0.29, 0.717) is 0 Å². The summed E-state index contributed by atoms with van der Waals surface area (Å²) in [5, 5.41) is 0. The third-order valence-electron chi connectivity index (χ3n) is 4.13. The molecule has 0 atom stereocenters. The lowest BCUT2D eigenvalue weighted by Crippen LogP contribution is -2.37. The van der Waals surface area contributed by atoms with E-state index in [0.717, 1.165) is 44.2 Å². The maximum atomic E-state index is 13.8. The Morgan fingerprint density at radius 3 is 2.48 bits per heavy atom. The number of hydrogen-bond donors (Lipinski definition) is 2. The number of benzene rings is 1. The highest BCUT2D eigenvalue weighted by Gasteiger charge is 2.30. The van der Waals surface area contributed by atoms with Gasteiger partial charge in [0.05, 0.1) is 0 Å². The van der Waals surface area contributed by atoms with Crippen molar-refractivity contribution in [1.29, 1.82) is 0 Å². The van der Waals surface area contributed by atoms with E-state index in [1.807, 2.05) is 6.92 Å². The number of nitrogens with two attached hydrogens (primary N) is 1. The standard InChI is InChI=1S/C14H20F2N2O2S/c1-14(7-3-2-4-8-14)9-18-21(19,20)11-6-5-10(15)13(17)12(11)16/h5-6,18H,2-4,7-9,17H2,1H3. The normalized spacial score (nSPS) is 18.6. The second kappa shape index (κ2) is 5.88. The maximum absolute atomic E-state index is 13.8. The molecule has 1 fully saturated rings. The molecule has 1 aromatic carbocycles. The molecule has 21 heavy (non-hydrogen) atoms. The van der Waals surface area contributed by atoms with Gasteiger partial charge in [-0.25, -0.2) is 21.9 Å². The maximum Gasteiger partial charge on any atom is 0.243 e. The van der Waals surface area contributed by atoms with Crippen molar-refractivity contribution in [3.8, 4) is 0 Å². The second-order valence-electron chi connectivity index (χ2n) is 5.97. The van der Waals surface area contributed by atoms with E-state index < -0.39 is 32.2 Å². The van der Waals surface area contributed by atoms with Crippen molar-refractivity contribution in [3.05, 3.63) is 23.8 Å². The number of nitrogen functional groups attached to an aromatic ring is 1. The average molecular weight is 318 g/mol. The van der Waals surface area contributed by atoms with Crippen LogP contribution in [0.3, 0.4) is 0 Å². The number of halogens is 2. The van der Waals surface area contributed by atoms with Gasteiger partial charge in [-0.05, 0) is 30.4 Å². The first-order chi connectivity index (χ1) is 9.75. The molecule has 1 aliphatic carbocycles. The molecule has 7 heteroatoms. The van der Waals surface area contributed by atoms with E-state index in [1.54, 1.807) is 0 Å². The third-order valence-corrected chi connectivity index (χ3v) is 5.55. The molecular formula is C14H20F2N2O2S. The van der Waals surface area contributed by atoms with E-state index >= 15 is 0 Å². The lowest BCUT2D eigenvalue weighted by Gasteiger charge is -2.33. The predicted octanol–water partition coefficient (Wildman–Crippen LogP) is 2.80. The van der Waals surface area contributed by atoms with Crippen LogP contribution in [-0.4, -0.2) is 15.0 Å². The quantitative estimate of drug-likeness (QED) is 0.839. The first-order valence-corrected chi connectivity index (χ1v) is 8.47. The van der Waals surface area contributed by atoms with Crippen molar-refractivity contribution in [1.82, 2.24) is 4.72 Å². The molecule has 4 nitrogen and oxygen atoms in total. The molecule has 1 aliphatic rings. The molecule has 0 heterocycles. The summed E-state index contributed by atoms with van der Waals surface area (Å²) < 4.78 is 53.7. The predicted molar refractivity (Wildman–Crippen MR) is 77.2 cm³/mol. The molecule has 1 aromatic rings. The van der Waals surface area contributed by atoms with Crippen molar-refractivity contribution in [2.75, 3.05) is 12.3 Å². The van der Waals surface area contributed by atoms with Crippen molar-refractivity contribution in [2.45, 2.75) is 43.9 Å². The highest BCUT2D eigenvalue weighted by atomic mass is 32.2. The summed E-state index contributed by atoms with van der Waals surface area (Å²) in [6, 6.07) is 1.75. The van der Waals surface area contributed by atoms with Gasteiger partial charge in [-0.15, -0.1) is 0 Å². The minimum Gasteiger partial charge on any atom is -0.394 e. The molecule has 118 valence electrons. The Hall–Kier alpha value is -1.21. The second-order valence-corrected chi connectivity index (χ2v) is 7.70. The van der Waals surface area contributed by atoms with Crippen molar-refractivity contribution < 1.29 is 17.2 Å². The van der Waals surface area contributed by atoms with Gasteiger partial charge in [-0.1, -0.05) is 26.2 Å². The zero-order chi connectivity index (χ0) is 15.7. The van der Waals surface area contributed by atoms with Gasteiger partial charge in [-0.3, -0.25) is 0 Å². The number of sulfonamides is 1. The molecule has 0 spiro atoms. The minimum absolute atomic E-state index is 0.118. The molecule has 0 aliphatic heterocycles. The molecule has 1 saturated carbocycles. The summed E-state index contributed by atoms with van der Waals surface area (Å²) in [7, 11) is -4.04. The van der Waals surface area contributed by atoms with Gasteiger partial charge in [0, 0.05) is 6.54 Å². The van der Waals surface area contributed by atoms with Gasteiger partial charge >= 0.3 is 0 Å². The fourth-order valence-electron chi connectivity index (χ4n) is 2.69. The van der Waals surface area contributed by atoms with Gasteiger partial charge in [-0.2, -0.15) is 0 Å². The minimum atomic E-state index is -4.04. The van der Waals surface area contributed by atoms with Crippen LogP contribution in [-0.2, 0) is 10.0 Å². The van der Waals surface area contributed by atoms with Crippen LogP contribution in [0.2, 0.25) is 0 Å². The smallest absolute Gasteiger partial charge is 0.243 e. The number of rotatable bonds is 4. The van der Waals surface area contributed by atoms with Crippen LogP contribution in [0.25, 0.3) is 0 Å². The number of anilines is 1. The summed E-state index contributed by atoms with van der Waals surface area (Å²) in [5.41, 5.74) is 4.31. The van der Waals surface area contributed by atoms with Crippen molar-refractivity contribution in [2.24, 2.45) is 5.41 Å². The molecule has 0 radical (unpaired) electrons. The Labute approximate surface area is 123 Å². The monoisotopic (exact) mass is 318 g/mol. The molecule has 0 bridgehead atoms. The first kappa shape index (κ1) is 16.2. The molecule has 0 aromatic heterocycles. The lowest BCUT2D eigenvalue weighted by molar-refractivity contribution is 0.219. The van der Waals surface area contributed by atoms with Crippen molar-refractivity contribution in [3.63, 3.8) is 0 Å². The summed E-state index contributed by atoms with van der Waals surface area (Å²) >= 11 is 0. The summed E-state index contributed by atoms with van der Waals surface area (Å²) in [6.45, 7) is 2.26. The Morgan fingerprint density at radius 2 is 1.86 bits per heavy atom. The van der Waals surface area contributed by atoms with E-state index in [-0.39, 0.29) is 12.0 Å². The highest BCUT2D eigenvalue weighted by Crippen LogP contribution is 2.35. The van der Waals surface area contributed by atoms with Crippen LogP contribution in [0.1, 0.15) is 39.0 Å². The van der Waals surface area contributed by atoms with Gasteiger partial charge in [0.2, 0.25) is 10.0 Å². The van der Waals surface area contributed by atoms with Gasteiger partial charge in [0.25, 0.3) is 0 Å². The van der Waals surface area contributed by atoms with Crippen LogP contribution in [0, 0.1) is 17.0 Å². The summed E-state index contributed by atoms with van der Waals surface area (Å²) in [5.74, 6) is -2.21. The molecule has 0 unspecified atom stereocenters. The number of hydrogen-bond acceptors (Lipinski definition) is 3. The highest BCUT2D eigenvalue weighted by molar-refractivity contribution is 7.89. The van der Waals surface area contributed by atoms with Gasteiger partial charge < -0.3 is 5.73 Å². The van der Waals surface area contributed by atoms with Crippen LogP contribution in [0.5, 0.6) is 0 Å².